The Hall–Kier alpha value is -3.26. The van der Waals surface area contributed by atoms with Gasteiger partial charge in [0, 0.05) is 5.56 Å². The van der Waals surface area contributed by atoms with Crippen molar-refractivity contribution in [1.82, 2.24) is 15.8 Å². The largest absolute Gasteiger partial charge is 0.496 e. The minimum absolute atomic E-state index is 0.0243. The van der Waals surface area contributed by atoms with Gasteiger partial charge in [0.2, 0.25) is 0 Å². The van der Waals surface area contributed by atoms with Crippen molar-refractivity contribution in [2.24, 2.45) is 0 Å². The smallest absolute Gasteiger partial charge is 0.281 e. The first kappa shape index (κ1) is 18.5. The zero-order valence-corrected chi connectivity index (χ0v) is 15.4. The van der Waals surface area contributed by atoms with Gasteiger partial charge in [0.05, 0.1) is 18.4 Å². The minimum Gasteiger partial charge on any atom is -0.496 e. The molecule has 0 spiro atoms. The van der Waals surface area contributed by atoms with Gasteiger partial charge >= 0.3 is 0 Å². The molecular weight excluding hydrogens is 369 g/mol. The summed E-state index contributed by atoms with van der Waals surface area (Å²) in [5.74, 6) is -1.58. The minimum atomic E-state index is -0.690. The number of carbonyl (C=O) groups excluding carboxylic acids is 2. The molecule has 0 atom stereocenters. The van der Waals surface area contributed by atoms with E-state index in [-0.39, 0.29) is 11.3 Å². The molecule has 0 radical (unpaired) electrons. The first-order chi connectivity index (χ1) is 13.0. The number of hydrazine groups is 1. The van der Waals surface area contributed by atoms with E-state index in [9.17, 15) is 14.0 Å². The fourth-order valence-electron chi connectivity index (χ4n) is 2.41. The second-order valence-electron chi connectivity index (χ2n) is 5.55. The number of thiazole rings is 1. The number of carbonyl (C=O) groups is 2. The molecule has 0 aliphatic rings. The van der Waals surface area contributed by atoms with Gasteiger partial charge in [-0.25, -0.2) is 9.37 Å². The first-order valence-electron chi connectivity index (χ1n) is 7.96. The third-order valence-electron chi connectivity index (χ3n) is 3.72. The summed E-state index contributed by atoms with van der Waals surface area (Å²) < 4.78 is 18.4. The molecule has 2 amide bonds. The van der Waals surface area contributed by atoms with E-state index in [0.29, 0.717) is 15.6 Å². The Labute approximate surface area is 159 Å². The van der Waals surface area contributed by atoms with Gasteiger partial charge in [0.15, 0.2) is 0 Å². The third-order valence-corrected chi connectivity index (χ3v) is 4.92. The van der Waals surface area contributed by atoms with E-state index in [1.807, 2.05) is 30.3 Å². The number of methoxy groups -OCH3 is 1. The SMILES string of the molecule is COc1ccc(F)cc1C(=O)NNC(=O)c1sc(-c2ccccc2)nc1C. The fraction of sp³-hybridized carbons (Fsp3) is 0.105. The van der Waals surface area contributed by atoms with Crippen LogP contribution in [0.1, 0.15) is 25.7 Å². The lowest BCUT2D eigenvalue weighted by molar-refractivity contribution is 0.0846. The number of hydrogen-bond acceptors (Lipinski definition) is 5. The summed E-state index contributed by atoms with van der Waals surface area (Å²) in [6.45, 7) is 1.72. The molecule has 0 aliphatic carbocycles. The normalized spacial score (nSPS) is 10.3. The monoisotopic (exact) mass is 385 g/mol. The fourth-order valence-corrected chi connectivity index (χ4v) is 3.37. The van der Waals surface area contributed by atoms with Gasteiger partial charge in [-0.05, 0) is 25.1 Å². The molecule has 138 valence electrons. The zero-order chi connectivity index (χ0) is 19.4. The second kappa shape index (κ2) is 7.96. The summed E-state index contributed by atoms with van der Waals surface area (Å²) in [7, 11) is 1.37. The van der Waals surface area contributed by atoms with Gasteiger partial charge in [-0.3, -0.25) is 20.4 Å². The van der Waals surface area contributed by atoms with Crippen LogP contribution in [0.2, 0.25) is 0 Å². The lowest BCUT2D eigenvalue weighted by Gasteiger charge is -2.10. The molecule has 3 rings (SSSR count). The number of ether oxygens (including phenoxy) is 1. The van der Waals surface area contributed by atoms with Crippen molar-refractivity contribution in [3.8, 4) is 16.3 Å². The number of halogens is 1. The highest BCUT2D eigenvalue weighted by Gasteiger charge is 2.18. The molecule has 0 saturated heterocycles. The molecule has 1 aromatic heterocycles. The van der Waals surface area contributed by atoms with Crippen molar-refractivity contribution in [2.75, 3.05) is 7.11 Å². The number of amides is 2. The van der Waals surface area contributed by atoms with Gasteiger partial charge < -0.3 is 4.74 Å². The predicted molar refractivity (Wildman–Crippen MR) is 100 cm³/mol. The predicted octanol–water partition coefficient (Wildman–Crippen LogP) is 3.34. The van der Waals surface area contributed by atoms with Crippen molar-refractivity contribution in [1.29, 1.82) is 0 Å². The Balaban J connectivity index is 1.72. The van der Waals surface area contributed by atoms with Gasteiger partial charge in [-0.2, -0.15) is 0 Å². The number of benzene rings is 2. The number of nitrogens with zero attached hydrogens (tertiary/aromatic N) is 1. The zero-order valence-electron chi connectivity index (χ0n) is 14.6. The highest BCUT2D eigenvalue weighted by Crippen LogP contribution is 2.27. The molecule has 6 nitrogen and oxygen atoms in total. The van der Waals surface area contributed by atoms with Crippen LogP contribution in [-0.2, 0) is 0 Å². The topological polar surface area (TPSA) is 80.3 Å². The average molecular weight is 385 g/mol. The number of nitrogens with one attached hydrogen (secondary N) is 2. The van der Waals surface area contributed by atoms with Gasteiger partial charge in [-0.15, -0.1) is 11.3 Å². The van der Waals surface area contributed by atoms with Gasteiger partial charge in [0.1, 0.15) is 21.5 Å². The van der Waals surface area contributed by atoms with Crippen LogP contribution in [0.3, 0.4) is 0 Å². The maximum Gasteiger partial charge on any atom is 0.281 e. The molecule has 2 N–H and O–H groups in total. The summed E-state index contributed by atoms with van der Waals surface area (Å²) in [5, 5.41) is 0.705. The second-order valence-corrected chi connectivity index (χ2v) is 6.55. The van der Waals surface area contributed by atoms with Crippen LogP contribution < -0.4 is 15.6 Å². The summed E-state index contributed by atoms with van der Waals surface area (Å²) in [6, 6.07) is 13.0. The van der Waals surface area contributed by atoms with Crippen LogP contribution in [0.15, 0.2) is 48.5 Å². The molecule has 0 aliphatic heterocycles. The standard InChI is InChI=1S/C19H16FN3O3S/c1-11-16(27-19(21-11)12-6-4-3-5-7-12)18(25)23-22-17(24)14-10-13(20)8-9-15(14)26-2/h3-10H,1-2H3,(H,22,24)(H,23,25). The lowest BCUT2D eigenvalue weighted by Crippen LogP contribution is -2.41. The van der Waals surface area contributed by atoms with Crippen LogP contribution in [0.5, 0.6) is 5.75 Å². The molecule has 1 heterocycles. The highest BCUT2D eigenvalue weighted by molar-refractivity contribution is 7.17. The summed E-state index contributed by atoms with van der Waals surface area (Å²) in [4.78, 5) is 29.4. The molecule has 0 fully saturated rings. The maximum absolute atomic E-state index is 13.4. The van der Waals surface area contributed by atoms with Crippen molar-refractivity contribution < 1.29 is 18.7 Å². The quantitative estimate of drug-likeness (QED) is 0.675. The van der Waals surface area contributed by atoms with Crippen LogP contribution in [-0.4, -0.2) is 23.9 Å². The van der Waals surface area contributed by atoms with Crippen molar-refractivity contribution in [3.63, 3.8) is 0 Å². The first-order valence-corrected chi connectivity index (χ1v) is 8.78. The molecule has 0 saturated carbocycles. The van der Waals surface area contributed by atoms with Gasteiger partial charge in [-0.1, -0.05) is 30.3 Å². The van der Waals surface area contributed by atoms with Gasteiger partial charge in [0.25, 0.3) is 11.8 Å². The number of rotatable bonds is 4. The molecular formula is C19H16FN3O3S. The van der Waals surface area contributed by atoms with E-state index >= 15 is 0 Å². The molecule has 8 heteroatoms. The molecule has 2 aromatic carbocycles. The van der Waals surface area contributed by atoms with Crippen molar-refractivity contribution in [3.05, 3.63) is 70.5 Å². The van der Waals surface area contributed by atoms with Crippen LogP contribution in [0, 0.1) is 12.7 Å². The Kier molecular flexibility index (Phi) is 5.46. The number of hydrogen-bond donors (Lipinski definition) is 2. The summed E-state index contributed by atoms with van der Waals surface area (Å²) in [6.07, 6.45) is 0. The Morgan fingerprint density at radius 3 is 2.48 bits per heavy atom. The highest BCUT2D eigenvalue weighted by atomic mass is 32.1. The molecule has 3 aromatic rings. The number of aryl methyl sites for hydroxylation is 1. The average Bonchev–Trinajstić information content (AvgIpc) is 3.08. The Morgan fingerprint density at radius 2 is 1.78 bits per heavy atom. The molecule has 27 heavy (non-hydrogen) atoms. The summed E-state index contributed by atoms with van der Waals surface area (Å²) in [5.41, 5.74) is 6.02. The van der Waals surface area contributed by atoms with Crippen molar-refractivity contribution >= 4 is 23.2 Å². The van der Waals surface area contributed by atoms with E-state index in [4.69, 9.17) is 4.74 Å². The summed E-state index contributed by atoms with van der Waals surface area (Å²) >= 11 is 1.22. The Bertz CT molecular complexity index is 989. The van der Waals surface area contributed by atoms with E-state index in [2.05, 4.69) is 15.8 Å². The van der Waals surface area contributed by atoms with E-state index < -0.39 is 17.6 Å². The van der Waals surface area contributed by atoms with Crippen LogP contribution in [0.4, 0.5) is 4.39 Å². The lowest BCUT2D eigenvalue weighted by atomic mass is 10.2. The molecule has 0 bridgehead atoms. The molecule has 0 unspecified atom stereocenters. The van der Waals surface area contributed by atoms with E-state index in [1.54, 1.807) is 6.92 Å². The maximum atomic E-state index is 13.4. The van der Waals surface area contributed by atoms with Crippen LogP contribution >= 0.6 is 11.3 Å². The van der Waals surface area contributed by atoms with Crippen molar-refractivity contribution in [2.45, 2.75) is 6.92 Å². The number of aromatic nitrogens is 1. The van der Waals surface area contributed by atoms with E-state index in [0.717, 1.165) is 11.6 Å². The third kappa shape index (κ3) is 4.12. The Morgan fingerprint density at radius 1 is 1.07 bits per heavy atom. The van der Waals surface area contributed by atoms with Crippen LogP contribution in [0.25, 0.3) is 10.6 Å². The van der Waals surface area contributed by atoms with E-state index in [1.165, 1.54) is 30.6 Å².